The van der Waals surface area contributed by atoms with Crippen LogP contribution in [0.15, 0.2) is 46.1 Å². The molecule has 5 nitrogen and oxygen atoms in total. The number of hydrogen-bond acceptors (Lipinski definition) is 6. The summed E-state index contributed by atoms with van der Waals surface area (Å²) in [6.07, 6.45) is 2.06. The Morgan fingerprint density at radius 2 is 2.15 bits per heavy atom. The molecule has 0 bridgehead atoms. The Bertz CT molecular complexity index is 1110. The first-order valence-corrected chi connectivity index (χ1v) is 13.5. The molecule has 3 aromatic rings. The third-order valence-electron chi connectivity index (χ3n) is 6.92. The van der Waals surface area contributed by atoms with Crippen LogP contribution in [0.2, 0.25) is 0 Å². The van der Waals surface area contributed by atoms with Crippen molar-refractivity contribution in [2.45, 2.75) is 43.0 Å². The van der Waals surface area contributed by atoms with E-state index in [0.717, 1.165) is 36.3 Å². The number of fused-ring (bicyclic) bond motifs is 1. The van der Waals surface area contributed by atoms with Crippen molar-refractivity contribution in [2.75, 3.05) is 32.5 Å². The minimum Gasteiger partial charge on any atom is -0.497 e. The molecule has 2 aromatic heterocycles. The predicted octanol–water partition coefficient (Wildman–Crippen LogP) is 6.36. The van der Waals surface area contributed by atoms with Crippen molar-refractivity contribution in [1.82, 2.24) is 9.88 Å². The van der Waals surface area contributed by atoms with Gasteiger partial charge in [-0.1, -0.05) is 6.07 Å². The second-order valence-electron chi connectivity index (χ2n) is 8.95. The Labute approximate surface area is 208 Å². The van der Waals surface area contributed by atoms with Crippen molar-refractivity contribution in [3.8, 4) is 5.75 Å². The van der Waals surface area contributed by atoms with Gasteiger partial charge in [0.05, 0.1) is 22.3 Å². The molecule has 1 aliphatic heterocycles. The van der Waals surface area contributed by atoms with E-state index >= 15 is 4.39 Å². The summed E-state index contributed by atoms with van der Waals surface area (Å²) in [5.74, 6) is 0.843. The van der Waals surface area contributed by atoms with Crippen LogP contribution in [0.4, 0.5) is 4.39 Å². The van der Waals surface area contributed by atoms with Crippen LogP contribution in [-0.4, -0.2) is 53.5 Å². The van der Waals surface area contributed by atoms with Crippen molar-refractivity contribution in [1.29, 1.82) is 0 Å². The number of aliphatic carboxylic acids is 1. The average Bonchev–Trinajstić information content (AvgIpc) is 3.36. The van der Waals surface area contributed by atoms with Crippen LogP contribution < -0.4 is 4.74 Å². The Hall–Kier alpha value is -2.16. The molecule has 0 spiro atoms. The average molecular weight is 503 g/mol. The molecule has 0 saturated carbocycles. The molecule has 1 aromatic carbocycles. The summed E-state index contributed by atoms with van der Waals surface area (Å²) < 4.78 is 22.3. The molecule has 0 unspecified atom stereocenters. The number of benzene rings is 1. The third-order valence-corrected chi connectivity index (χ3v) is 9.03. The SMILES string of the molecule is COc1ccc2ncc(C)c([C@@H](F)CCC3(C(=O)O)CCN(CCSc4cccs4)CC3)c2c1. The van der Waals surface area contributed by atoms with Crippen molar-refractivity contribution >= 4 is 40.0 Å². The zero-order valence-electron chi connectivity index (χ0n) is 19.6. The molecule has 1 saturated heterocycles. The molecule has 34 heavy (non-hydrogen) atoms. The summed E-state index contributed by atoms with van der Waals surface area (Å²) in [5.41, 5.74) is 1.21. The molecular formula is C26H31FN2O3S2. The lowest BCUT2D eigenvalue weighted by Gasteiger charge is -2.39. The standard InChI is InChI=1S/C26H31FN2O3S2/c1-18-17-28-22-6-5-19(32-2)16-20(22)24(18)21(27)7-8-26(25(30)31)9-11-29(12-10-26)13-15-34-23-4-3-14-33-23/h3-6,14,16-17,21H,7-13,15H2,1-2H3,(H,30,31)/t21-/m0/s1. The van der Waals surface area contributed by atoms with Crippen LogP contribution >= 0.6 is 23.1 Å². The zero-order valence-corrected chi connectivity index (χ0v) is 21.3. The van der Waals surface area contributed by atoms with E-state index in [1.54, 1.807) is 24.6 Å². The highest BCUT2D eigenvalue weighted by Crippen LogP contribution is 2.41. The lowest BCUT2D eigenvalue weighted by molar-refractivity contribution is -0.153. The monoisotopic (exact) mass is 502 g/mol. The van der Waals surface area contributed by atoms with Crippen LogP contribution in [-0.2, 0) is 4.79 Å². The number of aryl methyl sites for hydroxylation is 1. The van der Waals surface area contributed by atoms with Gasteiger partial charge in [-0.3, -0.25) is 9.78 Å². The number of alkyl halides is 1. The molecule has 3 heterocycles. The number of pyridine rings is 1. The number of aromatic nitrogens is 1. The largest absolute Gasteiger partial charge is 0.497 e. The topological polar surface area (TPSA) is 62.7 Å². The quantitative estimate of drug-likeness (QED) is 0.325. The van der Waals surface area contributed by atoms with E-state index in [1.165, 1.54) is 4.21 Å². The summed E-state index contributed by atoms with van der Waals surface area (Å²) in [7, 11) is 1.58. The van der Waals surface area contributed by atoms with Crippen LogP contribution in [0.25, 0.3) is 10.9 Å². The van der Waals surface area contributed by atoms with Gasteiger partial charge in [0.2, 0.25) is 0 Å². The van der Waals surface area contributed by atoms with Crippen molar-refractivity contribution in [3.63, 3.8) is 0 Å². The molecule has 8 heteroatoms. The molecule has 0 amide bonds. The second-order valence-corrected chi connectivity index (χ2v) is 11.3. The number of carbonyl (C=O) groups is 1. The molecule has 1 aliphatic rings. The first kappa shape index (κ1) is 24.9. The second kappa shape index (κ2) is 11.1. The molecule has 0 aliphatic carbocycles. The number of methoxy groups -OCH3 is 1. The number of hydrogen-bond donors (Lipinski definition) is 1. The summed E-state index contributed by atoms with van der Waals surface area (Å²) in [6, 6.07) is 9.64. The number of halogens is 1. The van der Waals surface area contributed by atoms with Gasteiger partial charge in [0, 0.05) is 23.9 Å². The lowest BCUT2D eigenvalue weighted by atomic mass is 9.74. The van der Waals surface area contributed by atoms with E-state index in [9.17, 15) is 9.90 Å². The van der Waals surface area contributed by atoms with E-state index < -0.39 is 17.6 Å². The van der Waals surface area contributed by atoms with E-state index in [2.05, 4.69) is 27.4 Å². The van der Waals surface area contributed by atoms with Crippen molar-refractivity contribution < 1.29 is 19.0 Å². The van der Waals surface area contributed by atoms with Crippen LogP contribution in [0.3, 0.4) is 0 Å². The molecule has 0 radical (unpaired) electrons. The number of thiophene rings is 1. The van der Waals surface area contributed by atoms with Gasteiger partial charge in [0.25, 0.3) is 0 Å². The van der Waals surface area contributed by atoms with Gasteiger partial charge in [-0.2, -0.15) is 0 Å². The van der Waals surface area contributed by atoms with E-state index in [1.807, 2.05) is 36.9 Å². The maximum Gasteiger partial charge on any atom is 0.309 e. The van der Waals surface area contributed by atoms with Gasteiger partial charge in [-0.25, -0.2) is 4.39 Å². The fourth-order valence-corrected chi connectivity index (χ4v) is 6.64. The van der Waals surface area contributed by atoms with Gasteiger partial charge in [0.15, 0.2) is 0 Å². The number of carboxylic acid groups (broad SMARTS) is 1. The summed E-state index contributed by atoms with van der Waals surface area (Å²) in [4.78, 5) is 19.0. The number of ether oxygens (including phenoxy) is 1. The normalized spacial score (nSPS) is 17.0. The molecule has 182 valence electrons. The lowest BCUT2D eigenvalue weighted by Crippen LogP contribution is -2.45. The Balaban J connectivity index is 1.39. The van der Waals surface area contributed by atoms with Crippen molar-refractivity contribution in [2.24, 2.45) is 5.41 Å². The number of carboxylic acids is 1. The number of nitrogens with zero attached hydrogens (tertiary/aromatic N) is 2. The molecule has 1 fully saturated rings. The first-order chi connectivity index (χ1) is 16.4. The Morgan fingerprint density at radius 1 is 1.35 bits per heavy atom. The fraction of sp³-hybridized carbons (Fsp3) is 0.462. The number of rotatable bonds is 10. The van der Waals surface area contributed by atoms with Gasteiger partial charge in [-0.15, -0.1) is 23.1 Å². The minimum absolute atomic E-state index is 0.178. The summed E-state index contributed by atoms with van der Waals surface area (Å²) in [6.45, 7) is 4.27. The van der Waals surface area contributed by atoms with Crippen LogP contribution in [0, 0.1) is 12.3 Å². The zero-order chi connectivity index (χ0) is 24.1. The van der Waals surface area contributed by atoms with Crippen LogP contribution in [0.1, 0.15) is 43.0 Å². The van der Waals surface area contributed by atoms with E-state index in [0.29, 0.717) is 36.1 Å². The van der Waals surface area contributed by atoms with E-state index in [4.69, 9.17) is 4.74 Å². The number of piperidine rings is 1. The van der Waals surface area contributed by atoms with Gasteiger partial charge in [-0.05, 0) is 86.5 Å². The smallest absolute Gasteiger partial charge is 0.309 e. The Morgan fingerprint density at radius 3 is 2.82 bits per heavy atom. The number of likely N-dealkylation sites (tertiary alicyclic amines) is 1. The van der Waals surface area contributed by atoms with Gasteiger partial charge < -0.3 is 14.7 Å². The van der Waals surface area contributed by atoms with E-state index in [-0.39, 0.29) is 6.42 Å². The molecule has 4 rings (SSSR count). The highest BCUT2D eigenvalue weighted by atomic mass is 32.2. The Kier molecular flexibility index (Phi) is 8.11. The third kappa shape index (κ3) is 5.56. The maximum absolute atomic E-state index is 15.7. The maximum atomic E-state index is 15.7. The van der Waals surface area contributed by atoms with Crippen molar-refractivity contribution in [3.05, 3.63) is 53.0 Å². The highest BCUT2D eigenvalue weighted by molar-refractivity contribution is 8.01. The predicted molar refractivity (Wildman–Crippen MR) is 137 cm³/mol. The summed E-state index contributed by atoms with van der Waals surface area (Å²) >= 11 is 3.58. The van der Waals surface area contributed by atoms with Gasteiger partial charge in [0.1, 0.15) is 11.9 Å². The van der Waals surface area contributed by atoms with Gasteiger partial charge >= 0.3 is 5.97 Å². The first-order valence-electron chi connectivity index (χ1n) is 11.6. The highest BCUT2D eigenvalue weighted by Gasteiger charge is 2.41. The fourth-order valence-electron chi connectivity index (χ4n) is 4.78. The van der Waals surface area contributed by atoms with Crippen LogP contribution in [0.5, 0.6) is 5.75 Å². The summed E-state index contributed by atoms with van der Waals surface area (Å²) in [5, 5.41) is 12.9. The molecule has 1 N–H and O–H groups in total. The number of thioether (sulfide) groups is 1. The molecular weight excluding hydrogens is 471 g/mol. The molecule has 1 atom stereocenters. The minimum atomic E-state index is -1.26.